The highest BCUT2D eigenvalue weighted by molar-refractivity contribution is 5.12. The summed E-state index contributed by atoms with van der Waals surface area (Å²) in [6, 6.07) is 0. The summed E-state index contributed by atoms with van der Waals surface area (Å²) < 4.78 is 0. The third-order valence-electron chi connectivity index (χ3n) is 2.66. The van der Waals surface area contributed by atoms with Gasteiger partial charge in [0.25, 0.3) is 0 Å². The molecular weight excluding hydrogens is 268 g/mol. The second kappa shape index (κ2) is 24.8. The molecule has 0 atom stereocenters. The highest BCUT2D eigenvalue weighted by Crippen LogP contribution is 2.02. The number of unbranched alkanes of at least 4 members (excludes halogenated alkanes) is 4. The Kier molecular flexibility index (Phi) is 29.0. The second-order valence-electron chi connectivity index (χ2n) is 5.23. The van der Waals surface area contributed by atoms with Gasteiger partial charge in [0.15, 0.2) is 0 Å². The third kappa shape index (κ3) is 31.3. The van der Waals surface area contributed by atoms with E-state index >= 15 is 0 Å². The molecule has 0 radical (unpaired) electrons. The lowest BCUT2D eigenvalue weighted by Gasteiger charge is -2.05. The number of nitrogens with one attached hydrogen (secondary N) is 2. The van der Waals surface area contributed by atoms with E-state index in [2.05, 4.69) is 56.7 Å². The summed E-state index contributed by atoms with van der Waals surface area (Å²) in [5, 5.41) is 6.21. The topological polar surface area (TPSA) is 24.1 Å². The minimum atomic E-state index is 0.605. The molecule has 0 aromatic heterocycles. The van der Waals surface area contributed by atoms with Gasteiger partial charge < -0.3 is 10.6 Å². The summed E-state index contributed by atoms with van der Waals surface area (Å²) in [6.45, 7) is 22.1. The van der Waals surface area contributed by atoms with Crippen LogP contribution in [0.2, 0.25) is 0 Å². The molecule has 0 heterocycles. The van der Waals surface area contributed by atoms with Crippen LogP contribution in [0.4, 0.5) is 0 Å². The van der Waals surface area contributed by atoms with Crippen LogP contribution < -0.4 is 10.6 Å². The zero-order valence-corrected chi connectivity index (χ0v) is 16.2. The molecule has 0 bridgehead atoms. The van der Waals surface area contributed by atoms with Crippen molar-refractivity contribution in [2.75, 3.05) is 13.1 Å². The second-order valence-corrected chi connectivity index (χ2v) is 5.23. The molecule has 2 N–H and O–H groups in total. The van der Waals surface area contributed by atoms with Crippen molar-refractivity contribution in [2.24, 2.45) is 5.92 Å². The monoisotopic (exact) mass is 310 g/mol. The van der Waals surface area contributed by atoms with Crippen LogP contribution in [0.15, 0.2) is 37.2 Å². The van der Waals surface area contributed by atoms with Gasteiger partial charge in [-0.3, -0.25) is 0 Å². The lowest BCUT2D eigenvalue weighted by Crippen LogP contribution is -2.12. The molecule has 0 aromatic rings. The Hall–Kier alpha value is -1.18. The van der Waals surface area contributed by atoms with Gasteiger partial charge >= 0.3 is 0 Å². The molecule has 0 amide bonds. The Morgan fingerprint density at radius 3 is 2.05 bits per heavy atom. The first-order valence-electron chi connectivity index (χ1n) is 9.03. The van der Waals surface area contributed by atoms with Crippen molar-refractivity contribution in [1.29, 1.82) is 0 Å². The van der Waals surface area contributed by atoms with Crippen LogP contribution >= 0.6 is 0 Å². The largest absolute Gasteiger partial charge is 0.392 e. The summed E-state index contributed by atoms with van der Waals surface area (Å²) >= 11 is 0. The van der Waals surface area contributed by atoms with Gasteiger partial charge in [-0.05, 0) is 31.5 Å². The van der Waals surface area contributed by atoms with Gasteiger partial charge in [-0.2, -0.15) is 0 Å². The molecule has 0 saturated carbocycles. The summed E-state index contributed by atoms with van der Waals surface area (Å²) in [7, 11) is 0. The smallest absolute Gasteiger partial charge is 0.0263 e. The van der Waals surface area contributed by atoms with E-state index in [4.69, 9.17) is 0 Å². The van der Waals surface area contributed by atoms with Crippen LogP contribution in [0, 0.1) is 5.92 Å². The van der Waals surface area contributed by atoms with Crippen molar-refractivity contribution >= 4 is 0 Å². The first kappa shape index (κ1) is 25.8. The molecule has 0 aliphatic carbocycles. The summed E-state index contributed by atoms with van der Waals surface area (Å²) in [5.41, 5.74) is 1.04. The van der Waals surface area contributed by atoms with Gasteiger partial charge in [-0.25, -0.2) is 0 Å². The predicted molar refractivity (Wildman–Crippen MR) is 105 cm³/mol. The van der Waals surface area contributed by atoms with E-state index in [0.29, 0.717) is 5.92 Å². The molecule has 0 fully saturated rings. The maximum atomic E-state index is 3.96. The first-order valence-corrected chi connectivity index (χ1v) is 9.03. The fourth-order valence-corrected chi connectivity index (χ4v) is 1.49. The van der Waals surface area contributed by atoms with E-state index in [1.165, 1.54) is 32.1 Å². The van der Waals surface area contributed by atoms with E-state index in [-0.39, 0.29) is 0 Å². The SMILES string of the molecule is C=C(/C=C/C(C)C)NCCCCCCC.C=CNCC.CC. The van der Waals surface area contributed by atoms with Gasteiger partial charge in [0, 0.05) is 18.8 Å². The van der Waals surface area contributed by atoms with Crippen LogP contribution in [0.3, 0.4) is 0 Å². The lowest BCUT2D eigenvalue weighted by atomic mass is 10.1. The quantitative estimate of drug-likeness (QED) is 0.359. The standard InChI is InChI=1S/C14H27N.C4H9N.C2H6/c1-5-6-7-8-9-12-15-14(4)11-10-13(2)3;1-3-5-4-2;1-2/h10-11,13,15H,4-9,12H2,1-3H3;3,5H,1,4H2,2H3;1-2H3/b11-10+;;. The van der Waals surface area contributed by atoms with Crippen molar-refractivity contribution in [3.63, 3.8) is 0 Å². The molecule has 132 valence electrons. The van der Waals surface area contributed by atoms with Crippen molar-refractivity contribution < 1.29 is 0 Å². The molecule has 0 aromatic carbocycles. The van der Waals surface area contributed by atoms with Crippen LogP contribution in [-0.2, 0) is 0 Å². The zero-order valence-electron chi connectivity index (χ0n) is 16.2. The van der Waals surface area contributed by atoms with Crippen LogP contribution in [0.25, 0.3) is 0 Å². The molecule has 0 rings (SSSR count). The van der Waals surface area contributed by atoms with E-state index < -0.39 is 0 Å². The molecule has 0 aliphatic rings. The van der Waals surface area contributed by atoms with Crippen molar-refractivity contribution in [3.05, 3.63) is 37.2 Å². The zero-order chi connectivity index (χ0) is 17.6. The number of rotatable bonds is 11. The number of hydrogen-bond donors (Lipinski definition) is 2. The van der Waals surface area contributed by atoms with Crippen molar-refractivity contribution in [3.8, 4) is 0 Å². The average molecular weight is 311 g/mol. The maximum absolute atomic E-state index is 3.96. The van der Waals surface area contributed by atoms with E-state index in [0.717, 1.165) is 18.8 Å². The highest BCUT2D eigenvalue weighted by atomic mass is 14.9. The molecule has 0 aliphatic heterocycles. The van der Waals surface area contributed by atoms with Gasteiger partial charge in [-0.1, -0.05) is 79.5 Å². The summed E-state index contributed by atoms with van der Waals surface area (Å²) in [5.74, 6) is 0.605. The van der Waals surface area contributed by atoms with E-state index in [1.807, 2.05) is 20.8 Å². The van der Waals surface area contributed by atoms with Crippen LogP contribution in [0.1, 0.15) is 73.6 Å². The highest BCUT2D eigenvalue weighted by Gasteiger charge is 1.90. The molecule has 2 nitrogen and oxygen atoms in total. The fourth-order valence-electron chi connectivity index (χ4n) is 1.49. The molecule has 0 saturated heterocycles. The normalized spacial score (nSPS) is 9.41. The van der Waals surface area contributed by atoms with Gasteiger partial charge in [0.1, 0.15) is 0 Å². The Morgan fingerprint density at radius 1 is 1.05 bits per heavy atom. The Bertz CT molecular complexity index is 242. The molecule has 22 heavy (non-hydrogen) atoms. The molecule has 0 spiro atoms. The Labute approximate surface area is 141 Å². The summed E-state index contributed by atoms with van der Waals surface area (Å²) in [4.78, 5) is 0. The minimum absolute atomic E-state index is 0.605. The minimum Gasteiger partial charge on any atom is -0.392 e. The first-order chi connectivity index (χ1) is 10.6. The van der Waals surface area contributed by atoms with Crippen LogP contribution in [0.5, 0.6) is 0 Å². The van der Waals surface area contributed by atoms with Gasteiger partial charge in [0.05, 0.1) is 0 Å². The average Bonchev–Trinajstić information content (AvgIpc) is 2.52. The van der Waals surface area contributed by atoms with Gasteiger partial charge in [-0.15, -0.1) is 0 Å². The lowest BCUT2D eigenvalue weighted by molar-refractivity contribution is 0.614. The molecular formula is C20H42N2. The maximum Gasteiger partial charge on any atom is 0.0263 e. The molecule has 0 unspecified atom stereocenters. The number of hydrogen-bond acceptors (Lipinski definition) is 2. The van der Waals surface area contributed by atoms with E-state index in [1.54, 1.807) is 6.20 Å². The Balaban J connectivity index is -0.000000434. The van der Waals surface area contributed by atoms with Crippen LogP contribution in [-0.4, -0.2) is 13.1 Å². The van der Waals surface area contributed by atoms with Crippen molar-refractivity contribution in [1.82, 2.24) is 10.6 Å². The van der Waals surface area contributed by atoms with Gasteiger partial charge in [0.2, 0.25) is 0 Å². The molecule has 2 heteroatoms. The third-order valence-corrected chi connectivity index (χ3v) is 2.66. The summed E-state index contributed by atoms with van der Waals surface area (Å²) in [6.07, 6.45) is 12.6. The Morgan fingerprint density at radius 2 is 1.64 bits per heavy atom. The van der Waals surface area contributed by atoms with Crippen molar-refractivity contribution in [2.45, 2.75) is 73.6 Å². The van der Waals surface area contributed by atoms with E-state index in [9.17, 15) is 0 Å². The number of allylic oxidation sites excluding steroid dienone is 2. The predicted octanol–water partition coefficient (Wildman–Crippen LogP) is 6.04. The fraction of sp³-hybridized carbons (Fsp3) is 0.700.